The maximum atomic E-state index is 12.5. The molecule has 0 radical (unpaired) electrons. The molecule has 8 heteroatoms. The van der Waals surface area contributed by atoms with E-state index in [2.05, 4.69) is 20.4 Å². The molecule has 0 bridgehead atoms. The molecular weight excluding hydrogens is 332 g/mol. The van der Waals surface area contributed by atoms with Gasteiger partial charge in [-0.25, -0.2) is 14.6 Å². The number of amides is 2. The number of carbonyl (C=O) groups is 2. The first-order valence-corrected chi connectivity index (χ1v) is 8.19. The molecule has 1 saturated heterocycles. The Labute approximate surface area is 149 Å². The molecule has 3 aromatic rings. The van der Waals surface area contributed by atoms with E-state index in [-0.39, 0.29) is 18.2 Å². The third-order valence-corrected chi connectivity index (χ3v) is 4.18. The van der Waals surface area contributed by atoms with Crippen LogP contribution in [0.2, 0.25) is 0 Å². The van der Waals surface area contributed by atoms with Gasteiger partial charge in [0, 0.05) is 31.0 Å². The molecule has 130 valence electrons. The van der Waals surface area contributed by atoms with Crippen LogP contribution in [0.3, 0.4) is 0 Å². The van der Waals surface area contributed by atoms with Gasteiger partial charge in [0.1, 0.15) is 0 Å². The first-order valence-electron chi connectivity index (χ1n) is 8.19. The zero-order valence-corrected chi connectivity index (χ0v) is 13.8. The van der Waals surface area contributed by atoms with Crippen LogP contribution in [0.4, 0.5) is 11.4 Å². The van der Waals surface area contributed by atoms with Crippen LogP contribution in [-0.4, -0.2) is 38.1 Å². The van der Waals surface area contributed by atoms with Crippen molar-refractivity contribution < 1.29 is 9.59 Å². The Morgan fingerprint density at radius 1 is 1.12 bits per heavy atom. The maximum absolute atomic E-state index is 12.5. The number of nitrogens with one attached hydrogen (secondary N) is 1. The molecule has 1 aliphatic heterocycles. The number of hydrogen-bond acceptors (Lipinski definition) is 5. The van der Waals surface area contributed by atoms with Gasteiger partial charge in [0.15, 0.2) is 0 Å². The van der Waals surface area contributed by atoms with Gasteiger partial charge in [-0.15, -0.1) is 0 Å². The van der Waals surface area contributed by atoms with Crippen LogP contribution < -0.4 is 10.2 Å². The van der Waals surface area contributed by atoms with E-state index in [0.29, 0.717) is 18.2 Å². The summed E-state index contributed by atoms with van der Waals surface area (Å²) >= 11 is 0. The van der Waals surface area contributed by atoms with Crippen LogP contribution in [-0.2, 0) is 9.59 Å². The van der Waals surface area contributed by atoms with Crippen molar-refractivity contribution in [3.05, 3.63) is 61.2 Å². The van der Waals surface area contributed by atoms with Crippen molar-refractivity contribution in [3.8, 4) is 5.95 Å². The quantitative estimate of drug-likeness (QED) is 0.774. The minimum absolute atomic E-state index is 0.0540. The Morgan fingerprint density at radius 3 is 2.58 bits per heavy atom. The van der Waals surface area contributed by atoms with E-state index in [0.717, 1.165) is 5.69 Å². The third kappa shape index (κ3) is 3.16. The van der Waals surface area contributed by atoms with Gasteiger partial charge in [0.2, 0.25) is 11.8 Å². The van der Waals surface area contributed by atoms with Crippen molar-refractivity contribution in [1.82, 2.24) is 19.7 Å². The summed E-state index contributed by atoms with van der Waals surface area (Å²) in [5.41, 5.74) is 1.29. The summed E-state index contributed by atoms with van der Waals surface area (Å²) in [6.07, 6.45) is 6.60. The highest BCUT2D eigenvalue weighted by atomic mass is 16.2. The van der Waals surface area contributed by atoms with Gasteiger partial charge in [0.25, 0.3) is 5.95 Å². The minimum Gasteiger partial charge on any atom is -0.323 e. The Kier molecular flexibility index (Phi) is 4.14. The molecule has 0 spiro atoms. The first kappa shape index (κ1) is 15.9. The van der Waals surface area contributed by atoms with Gasteiger partial charge in [-0.05, 0) is 18.2 Å². The molecule has 3 heterocycles. The van der Waals surface area contributed by atoms with Crippen LogP contribution in [0.25, 0.3) is 5.95 Å². The third-order valence-electron chi connectivity index (χ3n) is 4.18. The molecule has 1 aromatic carbocycles. The number of carbonyl (C=O) groups excluding carboxylic acids is 2. The predicted octanol–water partition coefficient (Wildman–Crippen LogP) is 1.65. The van der Waals surface area contributed by atoms with Gasteiger partial charge in [-0.2, -0.15) is 5.10 Å². The van der Waals surface area contributed by atoms with E-state index in [9.17, 15) is 9.59 Å². The molecule has 1 aliphatic rings. The summed E-state index contributed by atoms with van der Waals surface area (Å²) in [6.45, 7) is 0.362. The lowest BCUT2D eigenvalue weighted by atomic mass is 10.1. The SMILES string of the molecule is O=C(Nc1cnc(-n2cccn2)nc1)C1CC(=O)N(c2ccccc2)C1. The summed E-state index contributed by atoms with van der Waals surface area (Å²) < 4.78 is 1.53. The Hall–Kier alpha value is -3.55. The van der Waals surface area contributed by atoms with Gasteiger partial charge in [-0.3, -0.25) is 9.59 Å². The van der Waals surface area contributed by atoms with Gasteiger partial charge >= 0.3 is 0 Å². The fourth-order valence-corrected chi connectivity index (χ4v) is 2.88. The number of para-hydroxylation sites is 1. The summed E-state index contributed by atoms with van der Waals surface area (Å²) in [5, 5.41) is 6.82. The van der Waals surface area contributed by atoms with E-state index in [1.165, 1.54) is 17.1 Å². The molecule has 2 amide bonds. The molecule has 26 heavy (non-hydrogen) atoms. The lowest BCUT2D eigenvalue weighted by Gasteiger charge is -2.16. The summed E-state index contributed by atoms with van der Waals surface area (Å²) in [5.74, 6) is -0.262. The van der Waals surface area contributed by atoms with Crippen LogP contribution >= 0.6 is 0 Å². The number of aromatic nitrogens is 4. The van der Waals surface area contributed by atoms with Crippen LogP contribution in [0, 0.1) is 5.92 Å². The maximum Gasteiger partial charge on any atom is 0.250 e. The number of hydrogen-bond donors (Lipinski definition) is 1. The monoisotopic (exact) mass is 348 g/mol. The minimum atomic E-state index is -0.409. The molecular formula is C18H16N6O2. The molecule has 1 N–H and O–H groups in total. The normalized spacial score (nSPS) is 16.7. The van der Waals surface area contributed by atoms with E-state index < -0.39 is 5.92 Å². The topological polar surface area (TPSA) is 93.0 Å². The zero-order valence-electron chi connectivity index (χ0n) is 13.8. The number of anilines is 2. The number of benzene rings is 1. The van der Waals surface area contributed by atoms with E-state index in [1.54, 1.807) is 23.4 Å². The van der Waals surface area contributed by atoms with Crippen molar-refractivity contribution in [2.75, 3.05) is 16.8 Å². The molecule has 1 atom stereocenters. The standard InChI is InChI=1S/C18H16N6O2/c25-16-9-13(12-23(16)15-5-2-1-3-6-15)17(26)22-14-10-19-18(20-11-14)24-8-4-7-21-24/h1-8,10-11,13H,9,12H2,(H,22,26). The molecule has 2 aromatic heterocycles. The smallest absolute Gasteiger partial charge is 0.250 e. The van der Waals surface area contributed by atoms with Gasteiger partial charge < -0.3 is 10.2 Å². The first-order chi connectivity index (χ1) is 12.7. The zero-order chi connectivity index (χ0) is 17.9. The van der Waals surface area contributed by atoms with Gasteiger partial charge in [0.05, 0.1) is 24.0 Å². The fraction of sp³-hybridized carbons (Fsp3) is 0.167. The molecule has 8 nitrogen and oxygen atoms in total. The second-order valence-electron chi connectivity index (χ2n) is 5.95. The average Bonchev–Trinajstić information content (AvgIpc) is 3.33. The van der Waals surface area contributed by atoms with Crippen molar-refractivity contribution >= 4 is 23.2 Å². The average molecular weight is 348 g/mol. The lowest BCUT2D eigenvalue weighted by molar-refractivity contribution is -0.122. The van der Waals surface area contributed by atoms with E-state index >= 15 is 0 Å². The number of nitrogens with zero attached hydrogens (tertiary/aromatic N) is 5. The Balaban J connectivity index is 1.41. The van der Waals surface area contributed by atoms with Crippen LogP contribution in [0.1, 0.15) is 6.42 Å². The highest BCUT2D eigenvalue weighted by Gasteiger charge is 2.35. The van der Waals surface area contributed by atoms with Gasteiger partial charge in [-0.1, -0.05) is 18.2 Å². The molecule has 0 saturated carbocycles. The highest BCUT2D eigenvalue weighted by molar-refractivity contribution is 6.03. The van der Waals surface area contributed by atoms with Crippen molar-refractivity contribution in [1.29, 1.82) is 0 Å². The second-order valence-corrected chi connectivity index (χ2v) is 5.95. The van der Waals surface area contributed by atoms with Crippen LogP contribution in [0.5, 0.6) is 0 Å². The number of rotatable bonds is 4. The van der Waals surface area contributed by atoms with Crippen molar-refractivity contribution in [2.45, 2.75) is 6.42 Å². The summed E-state index contributed by atoms with van der Waals surface area (Å²) in [4.78, 5) is 34.7. The molecule has 4 rings (SSSR count). The Morgan fingerprint density at radius 2 is 1.88 bits per heavy atom. The largest absolute Gasteiger partial charge is 0.323 e. The fourth-order valence-electron chi connectivity index (χ4n) is 2.88. The molecule has 0 aliphatic carbocycles. The lowest BCUT2D eigenvalue weighted by Crippen LogP contribution is -2.28. The predicted molar refractivity (Wildman–Crippen MR) is 94.7 cm³/mol. The summed E-state index contributed by atoms with van der Waals surface area (Å²) in [7, 11) is 0. The van der Waals surface area contributed by atoms with E-state index in [1.807, 2.05) is 30.3 Å². The van der Waals surface area contributed by atoms with Crippen LogP contribution in [0.15, 0.2) is 61.2 Å². The molecule has 1 unspecified atom stereocenters. The van der Waals surface area contributed by atoms with E-state index in [4.69, 9.17) is 0 Å². The molecule has 1 fully saturated rings. The highest BCUT2D eigenvalue weighted by Crippen LogP contribution is 2.25. The Bertz CT molecular complexity index is 909. The van der Waals surface area contributed by atoms with Crippen molar-refractivity contribution in [2.24, 2.45) is 5.92 Å². The summed E-state index contributed by atoms with van der Waals surface area (Å²) in [6, 6.07) is 11.1. The van der Waals surface area contributed by atoms with Crippen molar-refractivity contribution in [3.63, 3.8) is 0 Å². The second kappa shape index (κ2) is 6.75.